The number of hydrogen-bond donors (Lipinski definition) is 0. The molecule has 0 aromatic heterocycles. The minimum atomic E-state index is -0.0950. The third-order valence-corrected chi connectivity index (χ3v) is 4.77. The van der Waals surface area contributed by atoms with E-state index in [1.807, 2.05) is 48.5 Å². The molecular weight excluding hydrogens is 318 g/mol. The number of nitrogens with zero attached hydrogens (tertiary/aromatic N) is 1. The molecular formula is C21H16ClNO. The summed E-state index contributed by atoms with van der Waals surface area (Å²) in [5.74, 6) is -0.0950. The van der Waals surface area contributed by atoms with Gasteiger partial charge in [-0.3, -0.25) is 9.69 Å². The maximum Gasteiger partial charge on any atom is 0.264 e. The Bertz CT molecular complexity index is 871. The van der Waals surface area contributed by atoms with Gasteiger partial charge in [-0.05, 0) is 48.2 Å². The number of para-hydroxylation sites is 2. The van der Waals surface area contributed by atoms with E-state index in [9.17, 15) is 4.79 Å². The van der Waals surface area contributed by atoms with Crippen LogP contribution in [0.2, 0.25) is 5.02 Å². The molecule has 1 aliphatic rings. The predicted octanol–water partition coefficient (Wildman–Crippen LogP) is 5.42. The Morgan fingerprint density at radius 1 is 0.750 bits per heavy atom. The summed E-state index contributed by atoms with van der Waals surface area (Å²) in [6.07, 6.45) is 1.83. The van der Waals surface area contributed by atoms with Gasteiger partial charge in [0.15, 0.2) is 0 Å². The SMILES string of the molecule is O=C(c1ccccc1Cl)N1c2ccccc2CCc2ccccc21. The van der Waals surface area contributed by atoms with Crippen molar-refractivity contribution >= 4 is 28.9 Å². The quantitative estimate of drug-likeness (QED) is 0.582. The van der Waals surface area contributed by atoms with Crippen molar-refractivity contribution < 1.29 is 4.79 Å². The Hall–Kier alpha value is -2.58. The second-order valence-corrected chi connectivity index (χ2v) is 6.29. The third-order valence-electron chi connectivity index (χ3n) is 4.44. The van der Waals surface area contributed by atoms with Crippen molar-refractivity contribution in [3.8, 4) is 0 Å². The van der Waals surface area contributed by atoms with Gasteiger partial charge in [0, 0.05) is 0 Å². The summed E-state index contributed by atoms with van der Waals surface area (Å²) in [7, 11) is 0. The predicted molar refractivity (Wildman–Crippen MR) is 98.2 cm³/mol. The molecule has 3 aromatic carbocycles. The number of benzene rings is 3. The summed E-state index contributed by atoms with van der Waals surface area (Å²) in [5.41, 5.74) is 4.74. The van der Waals surface area contributed by atoms with E-state index in [-0.39, 0.29) is 5.91 Å². The fourth-order valence-electron chi connectivity index (χ4n) is 3.25. The van der Waals surface area contributed by atoms with Gasteiger partial charge in [0.2, 0.25) is 0 Å². The lowest BCUT2D eigenvalue weighted by Crippen LogP contribution is -2.27. The highest BCUT2D eigenvalue weighted by Crippen LogP contribution is 2.37. The molecule has 0 fully saturated rings. The summed E-state index contributed by atoms with van der Waals surface area (Å²) < 4.78 is 0. The van der Waals surface area contributed by atoms with Gasteiger partial charge in [0.05, 0.1) is 22.0 Å². The molecule has 24 heavy (non-hydrogen) atoms. The molecule has 1 amide bonds. The molecule has 3 aromatic rings. The molecule has 4 rings (SSSR count). The first-order valence-corrected chi connectivity index (χ1v) is 8.38. The molecule has 2 nitrogen and oxygen atoms in total. The molecule has 0 unspecified atom stereocenters. The zero-order valence-corrected chi connectivity index (χ0v) is 13.8. The summed E-state index contributed by atoms with van der Waals surface area (Å²) >= 11 is 6.29. The second kappa shape index (κ2) is 6.14. The van der Waals surface area contributed by atoms with E-state index in [2.05, 4.69) is 12.1 Å². The van der Waals surface area contributed by atoms with Crippen LogP contribution in [0.4, 0.5) is 11.4 Å². The molecule has 0 spiro atoms. The highest BCUT2D eigenvalue weighted by Gasteiger charge is 2.27. The van der Waals surface area contributed by atoms with Crippen molar-refractivity contribution in [2.24, 2.45) is 0 Å². The zero-order chi connectivity index (χ0) is 16.5. The van der Waals surface area contributed by atoms with Crippen LogP contribution < -0.4 is 4.90 Å². The zero-order valence-electron chi connectivity index (χ0n) is 13.1. The molecule has 3 heteroatoms. The van der Waals surface area contributed by atoms with Crippen LogP contribution in [0.1, 0.15) is 21.5 Å². The second-order valence-electron chi connectivity index (χ2n) is 5.88. The molecule has 0 aliphatic carbocycles. The highest BCUT2D eigenvalue weighted by atomic mass is 35.5. The number of anilines is 2. The fourth-order valence-corrected chi connectivity index (χ4v) is 3.47. The van der Waals surface area contributed by atoms with Gasteiger partial charge in [0.25, 0.3) is 5.91 Å². The Kier molecular flexibility index (Phi) is 3.83. The van der Waals surface area contributed by atoms with Crippen molar-refractivity contribution in [2.75, 3.05) is 4.90 Å². The van der Waals surface area contributed by atoms with E-state index in [1.54, 1.807) is 17.0 Å². The Labute approximate surface area is 146 Å². The van der Waals surface area contributed by atoms with Crippen LogP contribution in [-0.4, -0.2) is 5.91 Å². The largest absolute Gasteiger partial charge is 0.276 e. The van der Waals surface area contributed by atoms with Crippen LogP contribution in [0.5, 0.6) is 0 Å². The monoisotopic (exact) mass is 333 g/mol. The number of amides is 1. The summed E-state index contributed by atoms with van der Waals surface area (Å²) in [6.45, 7) is 0. The number of carbonyl (C=O) groups excluding carboxylic acids is 1. The van der Waals surface area contributed by atoms with Crippen LogP contribution in [0.25, 0.3) is 0 Å². The van der Waals surface area contributed by atoms with Crippen molar-refractivity contribution in [1.82, 2.24) is 0 Å². The van der Waals surface area contributed by atoms with Gasteiger partial charge in [-0.25, -0.2) is 0 Å². The fraction of sp³-hybridized carbons (Fsp3) is 0.0952. The molecule has 0 atom stereocenters. The van der Waals surface area contributed by atoms with Gasteiger partial charge in [-0.2, -0.15) is 0 Å². The smallest absolute Gasteiger partial charge is 0.264 e. The lowest BCUT2D eigenvalue weighted by Gasteiger charge is -2.25. The Morgan fingerprint density at radius 2 is 1.25 bits per heavy atom. The van der Waals surface area contributed by atoms with Gasteiger partial charge in [-0.15, -0.1) is 0 Å². The van der Waals surface area contributed by atoms with Crippen LogP contribution in [0.3, 0.4) is 0 Å². The molecule has 0 radical (unpaired) electrons. The maximum absolute atomic E-state index is 13.3. The number of hydrogen-bond acceptors (Lipinski definition) is 1. The topological polar surface area (TPSA) is 20.3 Å². The lowest BCUT2D eigenvalue weighted by atomic mass is 10.0. The van der Waals surface area contributed by atoms with Crippen LogP contribution in [0, 0.1) is 0 Å². The minimum absolute atomic E-state index is 0.0950. The number of halogens is 1. The van der Waals surface area contributed by atoms with E-state index in [0.29, 0.717) is 10.6 Å². The molecule has 0 N–H and O–H groups in total. The van der Waals surface area contributed by atoms with Crippen molar-refractivity contribution in [2.45, 2.75) is 12.8 Å². The molecule has 1 heterocycles. The van der Waals surface area contributed by atoms with E-state index < -0.39 is 0 Å². The first-order valence-electron chi connectivity index (χ1n) is 8.00. The van der Waals surface area contributed by atoms with E-state index in [4.69, 9.17) is 11.6 Å². The normalized spacial score (nSPS) is 13.0. The highest BCUT2D eigenvalue weighted by molar-refractivity contribution is 6.35. The summed E-state index contributed by atoms with van der Waals surface area (Å²) in [6, 6.07) is 23.4. The minimum Gasteiger partial charge on any atom is -0.276 e. The van der Waals surface area contributed by atoms with Crippen LogP contribution >= 0.6 is 11.6 Å². The molecule has 0 bridgehead atoms. The van der Waals surface area contributed by atoms with Gasteiger partial charge in [-0.1, -0.05) is 60.1 Å². The van der Waals surface area contributed by atoms with Gasteiger partial charge in [0.1, 0.15) is 0 Å². The summed E-state index contributed by atoms with van der Waals surface area (Å²) in [5, 5.41) is 0.474. The lowest BCUT2D eigenvalue weighted by molar-refractivity contribution is 0.0999. The standard InChI is InChI=1S/C21H16ClNO/c22-18-10-4-3-9-17(18)21(24)23-19-11-5-1-7-15(19)13-14-16-8-2-6-12-20(16)23/h1-12H,13-14H2. The molecule has 0 saturated carbocycles. The Balaban J connectivity index is 1.93. The molecule has 0 saturated heterocycles. The van der Waals surface area contributed by atoms with Crippen LogP contribution in [-0.2, 0) is 12.8 Å². The maximum atomic E-state index is 13.3. The van der Waals surface area contributed by atoms with E-state index in [0.717, 1.165) is 24.2 Å². The molecule has 118 valence electrons. The number of rotatable bonds is 1. The van der Waals surface area contributed by atoms with Crippen molar-refractivity contribution in [1.29, 1.82) is 0 Å². The van der Waals surface area contributed by atoms with Gasteiger partial charge >= 0.3 is 0 Å². The van der Waals surface area contributed by atoms with E-state index >= 15 is 0 Å². The van der Waals surface area contributed by atoms with Crippen LogP contribution in [0.15, 0.2) is 72.8 Å². The molecule has 1 aliphatic heterocycles. The average molecular weight is 334 g/mol. The number of fused-ring (bicyclic) bond motifs is 2. The third kappa shape index (κ3) is 2.49. The first kappa shape index (κ1) is 15.0. The van der Waals surface area contributed by atoms with E-state index in [1.165, 1.54) is 11.1 Å². The van der Waals surface area contributed by atoms with Crippen molar-refractivity contribution in [3.63, 3.8) is 0 Å². The van der Waals surface area contributed by atoms with Crippen molar-refractivity contribution in [3.05, 3.63) is 94.5 Å². The Morgan fingerprint density at radius 3 is 1.83 bits per heavy atom. The van der Waals surface area contributed by atoms with Gasteiger partial charge < -0.3 is 0 Å². The first-order chi connectivity index (χ1) is 11.8. The average Bonchev–Trinajstić information content (AvgIpc) is 2.78. The number of carbonyl (C=O) groups is 1. The number of aryl methyl sites for hydroxylation is 2. The summed E-state index contributed by atoms with van der Waals surface area (Å²) in [4.78, 5) is 15.1.